The minimum Gasteiger partial charge on any atom is -0.329 e. The SMILES string of the molecule is CCCCCCCC(CN)N(C)C(C)c1ccc(Cl)cc1. The molecule has 0 fully saturated rings. The molecule has 2 unspecified atom stereocenters. The molecule has 0 radical (unpaired) electrons. The van der Waals surface area contributed by atoms with E-state index in [0.717, 1.165) is 11.6 Å². The summed E-state index contributed by atoms with van der Waals surface area (Å²) in [5, 5.41) is 0.792. The molecule has 0 aliphatic heterocycles. The van der Waals surface area contributed by atoms with Gasteiger partial charge < -0.3 is 5.73 Å². The zero-order valence-corrected chi connectivity index (χ0v) is 14.6. The molecule has 0 aliphatic carbocycles. The molecule has 0 aromatic heterocycles. The Hall–Kier alpha value is -0.570. The smallest absolute Gasteiger partial charge is 0.0406 e. The van der Waals surface area contributed by atoms with Crippen LogP contribution in [0, 0.1) is 0 Å². The zero-order chi connectivity index (χ0) is 15.7. The topological polar surface area (TPSA) is 29.3 Å². The summed E-state index contributed by atoms with van der Waals surface area (Å²) in [7, 11) is 2.18. The van der Waals surface area contributed by atoms with E-state index in [1.807, 2.05) is 12.1 Å². The summed E-state index contributed by atoms with van der Waals surface area (Å²) >= 11 is 5.96. The first-order valence-electron chi connectivity index (χ1n) is 8.27. The molecule has 0 heterocycles. The second-order valence-corrected chi connectivity index (χ2v) is 6.42. The summed E-state index contributed by atoms with van der Waals surface area (Å²) in [5.41, 5.74) is 7.29. The van der Waals surface area contributed by atoms with Crippen molar-refractivity contribution in [1.82, 2.24) is 4.90 Å². The average Bonchev–Trinajstić information content (AvgIpc) is 2.50. The molecule has 2 nitrogen and oxygen atoms in total. The van der Waals surface area contributed by atoms with Crippen molar-refractivity contribution in [3.63, 3.8) is 0 Å². The maximum Gasteiger partial charge on any atom is 0.0406 e. The first-order valence-corrected chi connectivity index (χ1v) is 8.65. The van der Waals surface area contributed by atoms with Crippen LogP contribution in [0.5, 0.6) is 0 Å². The Balaban J connectivity index is 2.48. The molecule has 3 heteroatoms. The molecule has 0 bridgehead atoms. The summed E-state index contributed by atoms with van der Waals surface area (Å²) in [6, 6.07) is 8.97. The molecular weight excluding hydrogens is 280 g/mol. The minimum absolute atomic E-state index is 0.367. The maximum absolute atomic E-state index is 5.99. The van der Waals surface area contributed by atoms with E-state index >= 15 is 0 Å². The Morgan fingerprint density at radius 1 is 1.10 bits per heavy atom. The third-order valence-electron chi connectivity index (χ3n) is 4.45. The fourth-order valence-corrected chi connectivity index (χ4v) is 2.89. The lowest BCUT2D eigenvalue weighted by molar-refractivity contribution is 0.177. The van der Waals surface area contributed by atoms with Gasteiger partial charge in [0.1, 0.15) is 0 Å². The van der Waals surface area contributed by atoms with Crippen molar-refractivity contribution in [2.75, 3.05) is 13.6 Å². The predicted octanol–water partition coefficient (Wildman–Crippen LogP) is 5.02. The first-order chi connectivity index (χ1) is 10.1. The van der Waals surface area contributed by atoms with E-state index < -0.39 is 0 Å². The maximum atomic E-state index is 5.99. The summed E-state index contributed by atoms with van der Waals surface area (Å²) in [6.45, 7) is 5.22. The van der Waals surface area contributed by atoms with E-state index in [0.29, 0.717) is 12.1 Å². The van der Waals surface area contributed by atoms with Gasteiger partial charge in [-0.25, -0.2) is 0 Å². The first kappa shape index (κ1) is 18.5. The van der Waals surface area contributed by atoms with Crippen molar-refractivity contribution >= 4 is 11.6 Å². The van der Waals surface area contributed by atoms with Crippen LogP contribution >= 0.6 is 11.6 Å². The van der Waals surface area contributed by atoms with Crippen LogP contribution < -0.4 is 5.73 Å². The Morgan fingerprint density at radius 3 is 2.29 bits per heavy atom. The molecule has 1 rings (SSSR count). The molecule has 0 saturated carbocycles. The number of hydrogen-bond acceptors (Lipinski definition) is 2. The van der Waals surface area contributed by atoms with Gasteiger partial charge in [0, 0.05) is 23.7 Å². The van der Waals surface area contributed by atoms with E-state index in [2.05, 4.69) is 37.9 Å². The second-order valence-electron chi connectivity index (χ2n) is 5.99. The fraction of sp³-hybridized carbons (Fsp3) is 0.667. The molecule has 0 saturated heterocycles. The van der Waals surface area contributed by atoms with Gasteiger partial charge >= 0.3 is 0 Å². The molecule has 1 aromatic rings. The van der Waals surface area contributed by atoms with Gasteiger partial charge in [-0.2, -0.15) is 0 Å². The number of nitrogens with two attached hydrogens (primary N) is 1. The van der Waals surface area contributed by atoms with Crippen LogP contribution in [0.15, 0.2) is 24.3 Å². The van der Waals surface area contributed by atoms with Crippen molar-refractivity contribution in [3.05, 3.63) is 34.9 Å². The third kappa shape index (κ3) is 6.37. The van der Waals surface area contributed by atoms with Crippen molar-refractivity contribution in [1.29, 1.82) is 0 Å². The number of hydrogen-bond donors (Lipinski definition) is 1. The predicted molar refractivity (Wildman–Crippen MR) is 93.8 cm³/mol. The number of rotatable bonds is 10. The largest absolute Gasteiger partial charge is 0.329 e. The van der Waals surface area contributed by atoms with E-state index in [-0.39, 0.29) is 0 Å². The van der Waals surface area contributed by atoms with E-state index in [1.54, 1.807) is 0 Å². The van der Waals surface area contributed by atoms with E-state index in [1.165, 1.54) is 44.1 Å². The highest BCUT2D eigenvalue weighted by atomic mass is 35.5. The van der Waals surface area contributed by atoms with Crippen LogP contribution in [0.1, 0.15) is 64.0 Å². The Morgan fingerprint density at radius 2 is 1.71 bits per heavy atom. The number of nitrogens with zero attached hydrogens (tertiary/aromatic N) is 1. The second kappa shape index (κ2) is 10.2. The summed E-state index contributed by atoms with van der Waals surface area (Å²) in [5.74, 6) is 0. The monoisotopic (exact) mass is 310 g/mol. The quantitative estimate of drug-likeness (QED) is 0.615. The van der Waals surface area contributed by atoms with Crippen molar-refractivity contribution in [3.8, 4) is 0 Å². The van der Waals surface area contributed by atoms with Crippen molar-refractivity contribution < 1.29 is 0 Å². The van der Waals surface area contributed by atoms with Crippen LogP contribution in [-0.2, 0) is 0 Å². The minimum atomic E-state index is 0.367. The Labute approximate surface area is 135 Å². The van der Waals surface area contributed by atoms with Crippen LogP contribution in [0.3, 0.4) is 0 Å². The van der Waals surface area contributed by atoms with Gasteiger partial charge in [0.15, 0.2) is 0 Å². The van der Waals surface area contributed by atoms with Gasteiger partial charge in [-0.1, -0.05) is 62.8 Å². The van der Waals surface area contributed by atoms with Gasteiger partial charge in [-0.3, -0.25) is 4.90 Å². The van der Waals surface area contributed by atoms with E-state index in [4.69, 9.17) is 17.3 Å². The lowest BCUT2D eigenvalue weighted by atomic mass is 10.0. The lowest BCUT2D eigenvalue weighted by Gasteiger charge is -2.33. The summed E-state index contributed by atoms with van der Waals surface area (Å²) in [6.07, 6.45) is 7.80. The highest BCUT2D eigenvalue weighted by molar-refractivity contribution is 6.30. The lowest BCUT2D eigenvalue weighted by Crippen LogP contribution is -2.39. The van der Waals surface area contributed by atoms with Crippen LogP contribution in [0.2, 0.25) is 5.02 Å². The molecule has 0 aliphatic rings. The summed E-state index contributed by atoms with van der Waals surface area (Å²) < 4.78 is 0. The average molecular weight is 311 g/mol. The molecule has 0 spiro atoms. The standard InChI is InChI=1S/C18H31ClN2/c1-4-5-6-7-8-9-18(14-20)21(3)15(2)16-10-12-17(19)13-11-16/h10-13,15,18H,4-9,14,20H2,1-3H3. The Kier molecular flexibility index (Phi) is 8.98. The molecule has 2 atom stereocenters. The number of unbranched alkanes of at least 4 members (excludes halogenated alkanes) is 4. The normalized spacial score (nSPS) is 14.4. The van der Waals surface area contributed by atoms with Crippen LogP contribution in [-0.4, -0.2) is 24.5 Å². The highest BCUT2D eigenvalue weighted by Gasteiger charge is 2.19. The van der Waals surface area contributed by atoms with E-state index in [9.17, 15) is 0 Å². The van der Waals surface area contributed by atoms with Crippen molar-refractivity contribution in [2.24, 2.45) is 5.73 Å². The van der Waals surface area contributed by atoms with Gasteiger partial charge in [-0.05, 0) is 38.1 Å². The molecule has 21 heavy (non-hydrogen) atoms. The van der Waals surface area contributed by atoms with Crippen molar-refractivity contribution in [2.45, 2.75) is 64.5 Å². The van der Waals surface area contributed by atoms with Gasteiger partial charge in [-0.15, -0.1) is 0 Å². The molecule has 2 N–H and O–H groups in total. The number of likely N-dealkylation sites (N-methyl/N-ethyl adjacent to an activating group) is 1. The fourth-order valence-electron chi connectivity index (χ4n) is 2.76. The van der Waals surface area contributed by atoms with Crippen LogP contribution in [0.4, 0.5) is 0 Å². The third-order valence-corrected chi connectivity index (χ3v) is 4.70. The van der Waals surface area contributed by atoms with Gasteiger partial charge in [0.25, 0.3) is 0 Å². The molecular formula is C18H31ClN2. The summed E-state index contributed by atoms with van der Waals surface area (Å²) in [4.78, 5) is 2.41. The van der Waals surface area contributed by atoms with Gasteiger partial charge in [0.2, 0.25) is 0 Å². The highest BCUT2D eigenvalue weighted by Crippen LogP contribution is 2.24. The molecule has 120 valence electrons. The molecule has 0 amide bonds. The zero-order valence-electron chi connectivity index (χ0n) is 13.8. The van der Waals surface area contributed by atoms with Crippen LogP contribution in [0.25, 0.3) is 0 Å². The Bertz CT molecular complexity index is 377. The number of benzene rings is 1. The molecule has 1 aromatic carbocycles. The number of halogens is 1. The van der Waals surface area contributed by atoms with Gasteiger partial charge in [0.05, 0.1) is 0 Å².